The van der Waals surface area contributed by atoms with Crippen LogP contribution in [0.3, 0.4) is 0 Å². The molecule has 0 aliphatic carbocycles. The third-order valence-electron chi connectivity index (χ3n) is 2.30. The highest BCUT2D eigenvalue weighted by Gasteiger charge is 2.13. The van der Waals surface area contributed by atoms with Crippen LogP contribution in [-0.2, 0) is 0 Å². The molecule has 0 saturated carbocycles. The number of nitrogens with one attached hydrogen (secondary N) is 2. The van der Waals surface area contributed by atoms with Crippen LogP contribution in [-0.4, -0.2) is 39.8 Å². The van der Waals surface area contributed by atoms with Crippen molar-refractivity contribution in [2.24, 2.45) is 0 Å². The molecule has 5 nitrogen and oxygen atoms in total. The molecule has 0 spiro atoms. The van der Waals surface area contributed by atoms with Gasteiger partial charge in [0.2, 0.25) is 0 Å². The monoisotopic (exact) mass is 274 g/mol. The highest BCUT2D eigenvalue weighted by Crippen LogP contribution is 2.29. The van der Waals surface area contributed by atoms with Gasteiger partial charge in [-0.2, -0.15) is 8.78 Å². The van der Waals surface area contributed by atoms with Crippen molar-refractivity contribution in [2.45, 2.75) is 6.61 Å². The van der Waals surface area contributed by atoms with Crippen molar-refractivity contribution < 1.29 is 23.0 Å². The Hall–Kier alpha value is -1.89. The molecule has 1 amide bonds. The van der Waals surface area contributed by atoms with Crippen LogP contribution in [0, 0.1) is 0 Å². The predicted molar refractivity (Wildman–Crippen MR) is 65.9 cm³/mol. The normalized spacial score (nSPS) is 10.4. The molecule has 106 valence electrons. The minimum atomic E-state index is -2.94. The van der Waals surface area contributed by atoms with Gasteiger partial charge in [-0.1, -0.05) is 0 Å². The summed E-state index contributed by atoms with van der Waals surface area (Å²) in [5.74, 6) is -0.331. The first kappa shape index (κ1) is 15.2. The largest absolute Gasteiger partial charge is 0.493 e. The summed E-state index contributed by atoms with van der Waals surface area (Å²) in [4.78, 5) is 11.7. The minimum absolute atomic E-state index is 0.0848. The van der Waals surface area contributed by atoms with Crippen molar-refractivity contribution >= 4 is 5.91 Å². The molecule has 0 unspecified atom stereocenters. The Labute approximate surface area is 109 Å². The molecule has 0 heterocycles. The summed E-state index contributed by atoms with van der Waals surface area (Å²) in [6.45, 7) is -1.84. The molecule has 0 aromatic heterocycles. The fourth-order valence-corrected chi connectivity index (χ4v) is 1.41. The second-order valence-electron chi connectivity index (χ2n) is 3.60. The highest BCUT2D eigenvalue weighted by atomic mass is 19.3. The molecule has 1 aromatic rings. The lowest BCUT2D eigenvalue weighted by molar-refractivity contribution is -0.0512. The third kappa shape index (κ3) is 4.70. The van der Waals surface area contributed by atoms with E-state index in [1.54, 1.807) is 7.05 Å². The molecule has 0 aliphatic rings. The molecular weight excluding hydrogens is 258 g/mol. The Balaban J connectivity index is 2.78. The number of carbonyl (C=O) groups is 1. The predicted octanol–water partition coefficient (Wildman–Crippen LogP) is 1.25. The Kier molecular flexibility index (Phi) is 6.01. The summed E-state index contributed by atoms with van der Waals surface area (Å²) < 4.78 is 33.5. The van der Waals surface area contributed by atoms with Crippen LogP contribution in [0.4, 0.5) is 8.78 Å². The molecule has 19 heavy (non-hydrogen) atoms. The molecular formula is C12H16F2N2O3. The smallest absolute Gasteiger partial charge is 0.387 e. The number of hydrogen-bond donors (Lipinski definition) is 2. The van der Waals surface area contributed by atoms with Gasteiger partial charge in [0, 0.05) is 18.7 Å². The van der Waals surface area contributed by atoms with Gasteiger partial charge in [0.25, 0.3) is 5.91 Å². The maximum atomic E-state index is 12.1. The van der Waals surface area contributed by atoms with Crippen LogP contribution in [0.1, 0.15) is 10.4 Å². The summed E-state index contributed by atoms with van der Waals surface area (Å²) in [6.07, 6.45) is 0. The lowest BCUT2D eigenvalue weighted by Crippen LogP contribution is -2.30. The number of amides is 1. The van der Waals surface area contributed by atoms with Gasteiger partial charge in [0.05, 0.1) is 7.11 Å². The zero-order chi connectivity index (χ0) is 14.3. The summed E-state index contributed by atoms with van der Waals surface area (Å²) in [6, 6.07) is 4.03. The van der Waals surface area contributed by atoms with Crippen LogP contribution in [0.15, 0.2) is 18.2 Å². The van der Waals surface area contributed by atoms with Crippen molar-refractivity contribution in [3.8, 4) is 11.5 Å². The number of alkyl halides is 2. The second-order valence-corrected chi connectivity index (χ2v) is 3.60. The topological polar surface area (TPSA) is 59.6 Å². The van der Waals surface area contributed by atoms with E-state index >= 15 is 0 Å². The SMILES string of the molecule is CNCCNC(=O)c1ccc(OC(F)F)c(OC)c1. The number of rotatable bonds is 7. The van der Waals surface area contributed by atoms with Crippen LogP contribution in [0.2, 0.25) is 0 Å². The number of likely N-dealkylation sites (N-methyl/N-ethyl adjacent to an activating group) is 1. The number of methoxy groups -OCH3 is 1. The van der Waals surface area contributed by atoms with Crippen molar-refractivity contribution in [3.63, 3.8) is 0 Å². The Morgan fingerprint density at radius 2 is 2.05 bits per heavy atom. The van der Waals surface area contributed by atoms with Gasteiger partial charge in [-0.25, -0.2) is 0 Å². The molecule has 0 radical (unpaired) electrons. The van der Waals surface area contributed by atoms with Crippen LogP contribution < -0.4 is 20.1 Å². The van der Waals surface area contributed by atoms with Gasteiger partial charge in [0.1, 0.15) is 0 Å². The van der Waals surface area contributed by atoms with Gasteiger partial charge in [-0.05, 0) is 25.2 Å². The van der Waals surface area contributed by atoms with Gasteiger partial charge in [0.15, 0.2) is 11.5 Å². The van der Waals surface area contributed by atoms with Crippen molar-refractivity contribution in [1.29, 1.82) is 0 Å². The maximum Gasteiger partial charge on any atom is 0.387 e. The van der Waals surface area contributed by atoms with E-state index in [1.807, 2.05) is 0 Å². The first-order chi connectivity index (χ1) is 9.08. The van der Waals surface area contributed by atoms with E-state index < -0.39 is 6.61 Å². The summed E-state index contributed by atoms with van der Waals surface area (Å²) in [5.41, 5.74) is 0.314. The molecule has 2 N–H and O–H groups in total. The number of hydrogen-bond acceptors (Lipinski definition) is 4. The lowest BCUT2D eigenvalue weighted by Gasteiger charge is -2.11. The van der Waals surface area contributed by atoms with Gasteiger partial charge in [-0.15, -0.1) is 0 Å². The molecule has 0 aliphatic heterocycles. The molecule has 1 aromatic carbocycles. The van der Waals surface area contributed by atoms with E-state index in [4.69, 9.17) is 4.74 Å². The first-order valence-electron chi connectivity index (χ1n) is 5.64. The Morgan fingerprint density at radius 3 is 2.63 bits per heavy atom. The van der Waals surface area contributed by atoms with Crippen molar-refractivity contribution in [3.05, 3.63) is 23.8 Å². The molecule has 0 bridgehead atoms. The van der Waals surface area contributed by atoms with Crippen LogP contribution in [0.5, 0.6) is 11.5 Å². The van der Waals surface area contributed by atoms with Crippen molar-refractivity contribution in [1.82, 2.24) is 10.6 Å². The van der Waals surface area contributed by atoms with Gasteiger partial charge in [-0.3, -0.25) is 4.79 Å². The fraction of sp³-hybridized carbons (Fsp3) is 0.417. The number of halogens is 2. The van der Waals surface area contributed by atoms with E-state index in [0.717, 1.165) is 0 Å². The lowest BCUT2D eigenvalue weighted by atomic mass is 10.2. The average Bonchev–Trinajstić information content (AvgIpc) is 2.38. The molecule has 7 heteroatoms. The molecule has 0 fully saturated rings. The number of ether oxygens (including phenoxy) is 2. The molecule has 0 saturated heterocycles. The van der Waals surface area contributed by atoms with Gasteiger partial charge >= 0.3 is 6.61 Å². The number of benzene rings is 1. The molecule has 1 rings (SSSR count). The highest BCUT2D eigenvalue weighted by molar-refractivity contribution is 5.94. The van der Waals surface area contributed by atoms with E-state index in [-0.39, 0.29) is 17.4 Å². The average molecular weight is 274 g/mol. The zero-order valence-corrected chi connectivity index (χ0v) is 10.7. The zero-order valence-electron chi connectivity index (χ0n) is 10.7. The summed E-state index contributed by atoms with van der Waals surface area (Å²) in [7, 11) is 3.09. The quantitative estimate of drug-likeness (QED) is 0.735. The number of carbonyl (C=O) groups excluding carboxylic acids is 1. The fourth-order valence-electron chi connectivity index (χ4n) is 1.41. The van der Waals surface area contributed by atoms with Crippen LogP contribution in [0.25, 0.3) is 0 Å². The third-order valence-corrected chi connectivity index (χ3v) is 2.30. The van der Waals surface area contributed by atoms with E-state index in [0.29, 0.717) is 18.7 Å². The second kappa shape index (κ2) is 7.52. The minimum Gasteiger partial charge on any atom is -0.493 e. The van der Waals surface area contributed by atoms with E-state index in [9.17, 15) is 13.6 Å². The molecule has 0 atom stereocenters. The maximum absolute atomic E-state index is 12.1. The van der Waals surface area contributed by atoms with Crippen LogP contribution >= 0.6 is 0 Å². The summed E-state index contributed by atoms with van der Waals surface area (Å²) in [5, 5.41) is 5.55. The Bertz CT molecular complexity index is 427. The first-order valence-corrected chi connectivity index (χ1v) is 5.64. The summed E-state index contributed by atoms with van der Waals surface area (Å²) >= 11 is 0. The van der Waals surface area contributed by atoms with E-state index in [1.165, 1.54) is 25.3 Å². The van der Waals surface area contributed by atoms with Crippen molar-refractivity contribution in [2.75, 3.05) is 27.2 Å². The van der Waals surface area contributed by atoms with Gasteiger partial charge < -0.3 is 20.1 Å². The standard InChI is InChI=1S/C12H16F2N2O3/c1-15-5-6-16-11(17)8-3-4-9(19-12(13)14)10(7-8)18-2/h3-4,7,12,15H,5-6H2,1-2H3,(H,16,17). The Morgan fingerprint density at radius 1 is 1.32 bits per heavy atom. The van der Waals surface area contributed by atoms with E-state index in [2.05, 4.69) is 15.4 Å².